The van der Waals surface area contributed by atoms with E-state index in [2.05, 4.69) is 5.32 Å². The standard InChI is InChI=1S/C20H16ClNO3/c21-17-10-4-3-9-16(17)20(24)22-13-12-19(23)25-18-11-5-7-14-6-1-2-8-15(14)18/h1-11H,12-13H2,(H,22,24). The van der Waals surface area contributed by atoms with E-state index in [0.29, 0.717) is 16.3 Å². The molecule has 0 heterocycles. The highest BCUT2D eigenvalue weighted by Gasteiger charge is 2.11. The molecule has 1 amide bonds. The number of carbonyl (C=O) groups is 2. The monoisotopic (exact) mass is 353 g/mol. The first kappa shape index (κ1) is 17.0. The number of amides is 1. The molecule has 0 atom stereocenters. The fourth-order valence-corrected chi connectivity index (χ4v) is 2.70. The van der Waals surface area contributed by atoms with E-state index in [0.717, 1.165) is 10.8 Å². The van der Waals surface area contributed by atoms with Gasteiger partial charge in [-0.3, -0.25) is 9.59 Å². The van der Waals surface area contributed by atoms with Crippen molar-refractivity contribution in [2.24, 2.45) is 0 Å². The zero-order chi connectivity index (χ0) is 17.6. The summed E-state index contributed by atoms with van der Waals surface area (Å²) in [5, 5.41) is 4.92. The number of fused-ring (bicyclic) bond motifs is 1. The quantitative estimate of drug-likeness (QED) is 0.552. The molecule has 126 valence electrons. The van der Waals surface area contributed by atoms with E-state index < -0.39 is 5.97 Å². The normalized spacial score (nSPS) is 10.4. The molecule has 0 saturated carbocycles. The van der Waals surface area contributed by atoms with Crippen LogP contribution in [0.2, 0.25) is 5.02 Å². The second-order valence-corrected chi connectivity index (χ2v) is 5.84. The van der Waals surface area contributed by atoms with Gasteiger partial charge in [-0.1, -0.05) is 60.1 Å². The number of nitrogens with one attached hydrogen (secondary N) is 1. The molecule has 0 aliphatic carbocycles. The summed E-state index contributed by atoms with van der Waals surface area (Å²) in [7, 11) is 0. The topological polar surface area (TPSA) is 55.4 Å². The Morgan fingerprint density at radius 1 is 0.920 bits per heavy atom. The summed E-state index contributed by atoms with van der Waals surface area (Å²) in [6, 6.07) is 20.0. The van der Waals surface area contributed by atoms with E-state index in [9.17, 15) is 9.59 Å². The van der Waals surface area contributed by atoms with E-state index in [-0.39, 0.29) is 18.9 Å². The first-order valence-corrected chi connectivity index (χ1v) is 8.24. The minimum Gasteiger partial charge on any atom is -0.426 e. The van der Waals surface area contributed by atoms with Crippen LogP contribution in [0.1, 0.15) is 16.8 Å². The third-order valence-corrected chi connectivity index (χ3v) is 4.04. The minimum atomic E-state index is -0.407. The lowest BCUT2D eigenvalue weighted by atomic mass is 10.1. The molecule has 3 aromatic carbocycles. The van der Waals surface area contributed by atoms with Crippen molar-refractivity contribution in [2.75, 3.05) is 6.54 Å². The second kappa shape index (κ2) is 7.81. The summed E-state index contributed by atoms with van der Waals surface area (Å²) in [5.41, 5.74) is 0.381. The van der Waals surface area contributed by atoms with Crippen molar-refractivity contribution in [1.29, 1.82) is 0 Å². The highest BCUT2D eigenvalue weighted by Crippen LogP contribution is 2.25. The zero-order valence-electron chi connectivity index (χ0n) is 13.4. The van der Waals surface area contributed by atoms with Crippen LogP contribution >= 0.6 is 11.6 Å². The van der Waals surface area contributed by atoms with Crippen molar-refractivity contribution in [3.05, 3.63) is 77.3 Å². The number of hydrogen-bond donors (Lipinski definition) is 1. The number of esters is 1. The maximum Gasteiger partial charge on any atom is 0.312 e. The van der Waals surface area contributed by atoms with Crippen LogP contribution in [-0.2, 0) is 4.79 Å². The maximum atomic E-state index is 12.0. The van der Waals surface area contributed by atoms with Crippen molar-refractivity contribution in [3.63, 3.8) is 0 Å². The van der Waals surface area contributed by atoms with Crippen LogP contribution in [0.4, 0.5) is 0 Å². The minimum absolute atomic E-state index is 0.0689. The predicted molar refractivity (Wildman–Crippen MR) is 98.0 cm³/mol. The van der Waals surface area contributed by atoms with Gasteiger partial charge in [-0.2, -0.15) is 0 Å². The number of halogens is 1. The van der Waals surface area contributed by atoms with Gasteiger partial charge in [0.25, 0.3) is 5.91 Å². The van der Waals surface area contributed by atoms with Gasteiger partial charge < -0.3 is 10.1 Å². The molecule has 0 aliphatic heterocycles. The molecule has 0 spiro atoms. The Kier molecular flexibility index (Phi) is 5.31. The van der Waals surface area contributed by atoms with Crippen molar-refractivity contribution in [3.8, 4) is 5.75 Å². The van der Waals surface area contributed by atoms with E-state index in [1.54, 1.807) is 30.3 Å². The molecule has 0 saturated heterocycles. The van der Waals surface area contributed by atoms with E-state index >= 15 is 0 Å². The number of benzene rings is 3. The summed E-state index contributed by atoms with van der Waals surface area (Å²) in [4.78, 5) is 24.1. The summed E-state index contributed by atoms with van der Waals surface area (Å²) in [6.07, 6.45) is 0.0689. The van der Waals surface area contributed by atoms with Crippen molar-refractivity contribution < 1.29 is 14.3 Å². The van der Waals surface area contributed by atoms with Crippen LogP contribution in [-0.4, -0.2) is 18.4 Å². The number of ether oxygens (including phenoxy) is 1. The summed E-state index contributed by atoms with van der Waals surface area (Å²) in [6.45, 7) is 0.174. The third-order valence-electron chi connectivity index (χ3n) is 3.71. The molecule has 3 rings (SSSR count). The molecule has 5 heteroatoms. The fourth-order valence-electron chi connectivity index (χ4n) is 2.48. The Morgan fingerprint density at radius 2 is 1.64 bits per heavy atom. The molecular formula is C20H16ClNO3. The molecule has 0 radical (unpaired) electrons. The smallest absolute Gasteiger partial charge is 0.312 e. The molecule has 0 aliphatic rings. The Hall–Kier alpha value is -2.85. The average molecular weight is 354 g/mol. The van der Waals surface area contributed by atoms with Gasteiger partial charge in [-0.15, -0.1) is 0 Å². The molecule has 0 fully saturated rings. The van der Waals surface area contributed by atoms with Crippen molar-refractivity contribution in [2.45, 2.75) is 6.42 Å². The Bertz CT molecular complexity index is 918. The highest BCUT2D eigenvalue weighted by molar-refractivity contribution is 6.33. The first-order valence-electron chi connectivity index (χ1n) is 7.86. The van der Waals surface area contributed by atoms with Crippen LogP contribution in [0.3, 0.4) is 0 Å². The predicted octanol–water partition coefficient (Wildman–Crippen LogP) is 4.22. The van der Waals surface area contributed by atoms with Gasteiger partial charge in [0, 0.05) is 11.9 Å². The van der Waals surface area contributed by atoms with Crippen LogP contribution in [0.25, 0.3) is 10.8 Å². The Morgan fingerprint density at radius 3 is 2.48 bits per heavy atom. The number of hydrogen-bond acceptors (Lipinski definition) is 3. The lowest BCUT2D eigenvalue weighted by Crippen LogP contribution is -2.27. The lowest BCUT2D eigenvalue weighted by molar-refractivity contribution is -0.134. The van der Waals surface area contributed by atoms with Gasteiger partial charge in [0.2, 0.25) is 0 Å². The molecule has 25 heavy (non-hydrogen) atoms. The SMILES string of the molecule is O=C(CCNC(=O)c1ccccc1Cl)Oc1cccc2ccccc12. The second-order valence-electron chi connectivity index (χ2n) is 5.44. The lowest BCUT2D eigenvalue weighted by Gasteiger charge is -2.09. The van der Waals surface area contributed by atoms with Crippen LogP contribution in [0.5, 0.6) is 5.75 Å². The summed E-state index contributed by atoms with van der Waals surface area (Å²) >= 11 is 5.97. The molecule has 1 N–H and O–H groups in total. The van der Waals surface area contributed by atoms with Crippen molar-refractivity contribution >= 4 is 34.2 Å². The molecule has 3 aromatic rings. The van der Waals surface area contributed by atoms with Gasteiger partial charge in [-0.05, 0) is 23.6 Å². The van der Waals surface area contributed by atoms with E-state index in [1.165, 1.54) is 0 Å². The van der Waals surface area contributed by atoms with Gasteiger partial charge >= 0.3 is 5.97 Å². The Balaban J connectivity index is 1.56. The summed E-state index contributed by atoms with van der Waals surface area (Å²) < 4.78 is 5.42. The molecular weight excluding hydrogens is 338 g/mol. The van der Waals surface area contributed by atoms with E-state index in [4.69, 9.17) is 16.3 Å². The van der Waals surface area contributed by atoms with E-state index in [1.807, 2.05) is 36.4 Å². The molecule has 4 nitrogen and oxygen atoms in total. The molecule has 0 aromatic heterocycles. The van der Waals surface area contributed by atoms with Gasteiger partial charge in [0.15, 0.2) is 0 Å². The van der Waals surface area contributed by atoms with Crippen LogP contribution in [0.15, 0.2) is 66.7 Å². The average Bonchev–Trinajstić information content (AvgIpc) is 2.62. The highest BCUT2D eigenvalue weighted by atomic mass is 35.5. The first-order chi connectivity index (χ1) is 12.1. The maximum absolute atomic E-state index is 12.0. The van der Waals surface area contributed by atoms with Crippen LogP contribution < -0.4 is 10.1 Å². The van der Waals surface area contributed by atoms with Crippen LogP contribution in [0, 0.1) is 0 Å². The largest absolute Gasteiger partial charge is 0.426 e. The Labute approximate surface area is 150 Å². The molecule has 0 unspecified atom stereocenters. The van der Waals surface area contributed by atoms with Gasteiger partial charge in [0.1, 0.15) is 5.75 Å². The van der Waals surface area contributed by atoms with Gasteiger partial charge in [-0.25, -0.2) is 0 Å². The fraction of sp³-hybridized carbons (Fsp3) is 0.100. The molecule has 0 bridgehead atoms. The van der Waals surface area contributed by atoms with Crippen molar-refractivity contribution in [1.82, 2.24) is 5.32 Å². The summed E-state index contributed by atoms with van der Waals surface area (Å²) in [5.74, 6) is -0.208. The zero-order valence-corrected chi connectivity index (χ0v) is 14.1. The number of rotatable bonds is 5. The van der Waals surface area contributed by atoms with Gasteiger partial charge in [0.05, 0.1) is 17.0 Å². The number of carbonyl (C=O) groups excluding carboxylic acids is 2. The third kappa shape index (κ3) is 4.17.